The Labute approximate surface area is 127 Å². The summed E-state index contributed by atoms with van der Waals surface area (Å²) in [4.78, 5) is 13.6. The molecule has 8 nitrogen and oxygen atoms in total. The van der Waals surface area contributed by atoms with Crippen LogP contribution in [0.5, 0.6) is 0 Å². The Morgan fingerprint density at radius 3 is 2.71 bits per heavy atom. The van der Waals surface area contributed by atoms with E-state index in [2.05, 4.69) is 15.5 Å². The SMILES string of the molecule is CN(CC(C)(CO)CO)C(=O)CSc1nnnn1C1CC1. The first-order valence-electron chi connectivity index (χ1n) is 6.85. The van der Waals surface area contributed by atoms with Crippen molar-refractivity contribution >= 4 is 17.7 Å². The first-order valence-corrected chi connectivity index (χ1v) is 7.84. The molecule has 0 bridgehead atoms. The fourth-order valence-electron chi connectivity index (χ4n) is 1.88. The van der Waals surface area contributed by atoms with E-state index in [1.54, 1.807) is 18.7 Å². The molecule has 0 atom stereocenters. The minimum Gasteiger partial charge on any atom is -0.396 e. The molecule has 1 aromatic rings. The first-order chi connectivity index (χ1) is 9.99. The third-order valence-corrected chi connectivity index (χ3v) is 4.41. The Morgan fingerprint density at radius 2 is 2.14 bits per heavy atom. The minimum atomic E-state index is -0.690. The molecule has 0 unspecified atom stereocenters. The topological polar surface area (TPSA) is 104 Å². The second kappa shape index (κ2) is 6.71. The van der Waals surface area contributed by atoms with Gasteiger partial charge in [0, 0.05) is 19.0 Å². The molecule has 1 aromatic heterocycles. The predicted octanol–water partition coefficient (Wildman–Crippen LogP) is -0.451. The van der Waals surface area contributed by atoms with Gasteiger partial charge < -0.3 is 15.1 Å². The lowest BCUT2D eigenvalue weighted by Crippen LogP contribution is -2.42. The second-order valence-corrected chi connectivity index (χ2v) is 6.75. The summed E-state index contributed by atoms with van der Waals surface area (Å²) >= 11 is 1.31. The molecule has 0 aromatic carbocycles. The lowest BCUT2D eigenvalue weighted by Gasteiger charge is -2.30. The lowest BCUT2D eigenvalue weighted by molar-refractivity contribution is -0.129. The van der Waals surface area contributed by atoms with Gasteiger partial charge in [0.15, 0.2) is 0 Å². The van der Waals surface area contributed by atoms with Crippen LogP contribution in [0, 0.1) is 5.41 Å². The molecule has 1 saturated carbocycles. The van der Waals surface area contributed by atoms with E-state index in [0.717, 1.165) is 12.8 Å². The van der Waals surface area contributed by atoms with Gasteiger partial charge in [0.25, 0.3) is 0 Å². The molecular weight excluding hydrogens is 294 g/mol. The van der Waals surface area contributed by atoms with E-state index in [1.807, 2.05) is 0 Å². The highest BCUT2D eigenvalue weighted by Gasteiger charge is 2.29. The van der Waals surface area contributed by atoms with Gasteiger partial charge in [0.2, 0.25) is 11.1 Å². The number of tetrazole rings is 1. The van der Waals surface area contributed by atoms with Crippen LogP contribution in [0.1, 0.15) is 25.8 Å². The van der Waals surface area contributed by atoms with Gasteiger partial charge in [0.05, 0.1) is 25.0 Å². The fraction of sp³-hybridized carbons (Fsp3) is 0.833. The molecule has 0 spiro atoms. The van der Waals surface area contributed by atoms with Crippen molar-refractivity contribution in [1.29, 1.82) is 0 Å². The molecular formula is C12H21N5O3S. The van der Waals surface area contributed by atoms with E-state index in [1.165, 1.54) is 16.7 Å². The molecule has 2 N–H and O–H groups in total. The molecule has 2 rings (SSSR count). The number of carbonyl (C=O) groups is 1. The molecule has 9 heteroatoms. The van der Waals surface area contributed by atoms with Crippen molar-refractivity contribution < 1.29 is 15.0 Å². The standard InChI is InChI=1S/C12H21N5O3S/c1-12(7-18,8-19)6-16(2)10(20)5-21-11-13-14-15-17(11)9-3-4-9/h9,18-19H,3-8H2,1-2H3. The van der Waals surface area contributed by atoms with Crippen LogP contribution in [-0.4, -0.2) is 73.8 Å². The molecule has 118 valence electrons. The van der Waals surface area contributed by atoms with Crippen molar-refractivity contribution in [2.24, 2.45) is 5.41 Å². The summed E-state index contributed by atoms with van der Waals surface area (Å²) in [6.45, 7) is 1.69. The van der Waals surface area contributed by atoms with Crippen molar-refractivity contribution in [2.75, 3.05) is 32.6 Å². The number of aliphatic hydroxyl groups is 2. The number of carbonyl (C=O) groups excluding carboxylic acids is 1. The number of rotatable bonds is 8. The molecule has 1 aliphatic carbocycles. The summed E-state index contributed by atoms with van der Waals surface area (Å²) in [5, 5.41) is 30.7. The summed E-state index contributed by atoms with van der Waals surface area (Å²) in [6.07, 6.45) is 2.16. The monoisotopic (exact) mass is 315 g/mol. The minimum absolute atomic E-state index is 0.0847. The zero-order chi connectivity index (χ0) is 15.5. The van der Waals surface area contributed by atoms with Crippen LogP contribution in [-0.2, 0) is 4.79 Å². The molecule has 0 aliphatic heterocycles. The molecule has 1 amide bonds. The van der Waals surface area contributed by atoms with E-state index in [9.17, 15) is 15.0 Å². The van der Waals surface area contributed by atoms with Gasteiger partial charge in [-0.2, -0.15) is 0 Å². The zero-order valence-electron chi connectivity index (χ0n) is 12.3. The van der Waals surface area contributed by atoms with Crippen LogP contribution in [0.25, 0.3) is 0 Å². The normalized spacial score (nSPS) is 15.2. The molecule has 1 aliphatic rings. The van der Waals surface area contributed by atoms with Gasteiger partial charge in [-0.1, -0.05) is 18.7 Å². The van der Waals surface area contributed by atoms with Crippen molar-refractivity contribution in [1.82, 2.24) is 25.1 Å². The summed E-state index contributed by atoms with van der Waals surface area (Å²) in [5.41, 5.74) is -0.690. The highest BCUT2D eigenvalue weighted by molar-refractivity contribution is 7.99. The molecule has 1 heterocycles. The Bertz CT molecular complexity index is 487. The molecule has 21 heavy (non-hydrogen) atoms. The number of thioether (sulfide) groups is 1. The smallest absolute Gasteiger partial charge is 0.232 e. The van der Waals surface area contributed by atoms with Crippen molar-refractivity contribution in [3.05, 3.63) is 0 Å². The van der Waals surface area contributed by atoms with Gasteiger partial charge in [0.1, 0.15) is 0 Å². The van der Waals surface area contributed by atoms with Gasteiger partial charge in [-0.25, -0.2) is 4.68 Å². The fourth-order valence-corrected chi connectivity index (χ4v) is 2.76. The molecule has 0 saturated heterocycles. The Kier molecular flexibility index (Phi) is 5.17. The van der Waals surface area contributed by atoms with Crippen molar-refractivity contribution in [3.8, 4) is 0 Å². The Balaban J connectivity index is 1.84. The van der Waals surface area contributed by atoms with Gasteiger partial charge in [-0.3, -0.25) is 4.79 Å². The van der Waals surface area contributed by atoms with Crippen LogP contribution in [0.2, 0.25) is 0 Å². The van der Waals surface area contributed by atoms with Crippen LogP contribution >= 0.6 is 11.8 Å². The van der Waals surface area contributed by atoms with Gasteiger partial charge >= 0.3 is 0 Å². The van der Waals surface area contributed by atoms with E-state index >= 15 is 0 Å². The maximum absolute atomic E-state index is 12.1. The summed E-state index contributed by atoms with van der Waals surface area (Å²) < 4.78 is 1.77. The van der Waals surface area contributed by atoms with Crippen LogP contribution < -0.4 is 0 Å². The van der Waals surface area contributed by atoms with Gasteiger partial charge in [-0.05, 0) is 23.3 Å². The van der Waals surface area contributed by atoms with E-state index < -0.39 is 5.41 Å². The Morgan fingerprint density at radius 1 is 1.48 bits per heavy atom. The average molecular weight is 315 g/mol. The molecule has 0 radical (unpaired) electrons. The van der Waals surface area contributed by atoms with Crippen LogP contribution in [0.15, 0.2) is 5.16 Å². The highest BCUT2D eigenvalue weighted by Crippen LogP contribution is 2.36. The maximum Gasteiger partial charge on any atom is 0.232 e. The number of hydrogen-bond acceptors (Lipinski definition) is 7. The largest absolute Gasteiger partial charge is 0.396 e. The van der Waals surface area contributed by atoms with Crippen molar-refractivity contribution in [2.45, 2.75) is 31.0 Å². The average Bonchev–Trinajstić information content (AvgIpc) is 3.23. The maximum atomic E-state index is 12.1. The number of aromatic nitrogens is 4. The molecule has 1 fully saturated rings. The number of nitrogens with zero attached hydrogens (tertiary/aromatic N) is 5. The quantitative estimate of drug-likeness (QED) is 0.626. The van der Waals surface area contributed by atoms with Crippen LogP contribution in [0.4, 0.5) is 0 Å². The third kappa shape index (κ3) is 4.14. The predicted molar refractivity (Wildman–Crippen MR) is 76.7 cm³/mol. The number of aliphatic hydroxyl groups excluding tert-OH is 2. The van der Waals surface area contributed by atoms with E-state index in [-0.39, 0.29) is 24.9 Å². The second-order valence-electron chi connectivity index (χ2n) is 5.80. The highest BCUT2D eigenvalue weighted by atomic mass is 32.2. The Hall–Kier alpha value is -1.19. The van der Waals surface area contributed by atoms with Crippen molar-refractivity contribution in [3.63, 3.8) is 0 Å². The van der Waals surface area contributed by atoms with E-state index in [0.29, 0.717) is 17.7 Å². The summed E-state index contributed by atoms with van der Waals surface area (Å²) in [7, 11) is 1.66. The van der Waals surface area contributed by atoms with E-state index in [4.69, 9.17) is 0 Å². The summed E-state index contributed by atoms with van der Waals surface area (Å²) in [6, 6.07) is 0.377. The number of amides is 1. The van der Waals surface area contributed by atoms with Crippen LogP contribution in [0.3, 0.4) is 0 Å². The first kappa shape index (κ1) is 16.2. The number of hydrogen-bond donors (Lipinski definition) is 2. The van der Waals surface area contributed by atoms with Gasteiger partial charge in [-0.15, -0.1) is 5.10 Å². The summed E-state index contributed by atoms with van der Waals surface area (Å²) in [5.74, 6) is 0.148. The third-order valence-electron chi connectivity index (χ3n) is 3.49. The zero-order valence-corrected chi connectivity index (χ0v) is 13.1. The lowest BCUT2D eigenvalue weighted by atomic mass is 9.92.